The smallest absolute Gasteiger partial charge is 0.257 e. The van der Waals surface area contributed by atoms with Gasteiger partial charge < -0.3 is 29.8 Å². The van der Waals surface area contributed by atoms with Gasteiger partial charge in [0.15, 0.2) is 5.65 Å². The van der Waals surface area contributed by atoms with E-state index in [4.69, 9.17) is 14.5 Å². The molecule has 2 fully saturated rings. The number of aliphatic hydroxyl groups excluding tert-OH is 1. The Kier molecular flexibility index (Phi) is 5.78. The highest BCUT2D eigenvalue weighted by molar-refractivity contribution is 6.01. The van der Waals surface area contributed by atoms with Crippen molar-refractivity contribution in [2.75, 3.05) is 38.8 Å². The molecule has 4 atom stereocenters. The molecule has 0 aliphatic carbocycles. The van der Waals surface area contributed by atoms with Crippen LogP contribution in [-0.2, 0) is 9.47 Å². The Morgan fingerprint density at radius 3 is 2.92 bits per heavy atom. The maximum atomic E-state index is 14.8. The van der Waals surface area contributed by atoms with Crippen LogP contribution in [-0.4, -0.2) is 87.0 Å². The number of ether oxygens (including phenoxy) is 2. The molecule has 2 saturated heterocycles. The van der Waals surface area contributed by atoms with Gasteiger partial charge in [0.2, 0.25) is 0 Å². The van der Waals surface area contributed by atoms with E-state index in [1.54, 1.807) is 17.8 Å². The largest absolute Gasteiger partial charge is 0.388 e. The van der Waals surface area contributed by atoms with E-state index in [-0.39, 0.29) is 25.4 Å². The molecule has 4 aromatic rings. The molecule has 2 aliphatic rings. The van der Waals surface area contributed by atoms with Crippen LogP contribution in [0.1, 0.15) is 22.8 Å². The molecule has 4 aromatic heterocycles. The van der Waals surface area contributed by atoms with Gasteiger partial charge in [-0.3, -0.25) is 4.79 Å². The normalized spacial score (nSPS) is 24.4. The van der Waals surface area contributed by atoms with E-state index >= 15 is 0 Å². The zero-order valence-electron chi connectivity index (χ0n) is 19.6. The molecule has 3 N–H and O–H groups in total. The van der Waals surface area contributed by atoms with Gasteiger partial charge in [-0.05, 0) is 18.6 Å². The highest BCUT2D eigenvalue weighted by atomic mass is 19.1. The van der Waals surface area contributed by atoms with Gasteiger partial charge in [-0.15, -0.1) is 0 Å². The maximum absolute atomic E-state index is 14.8. The third kappa shape index (κ3) is 3.77. The zero-order valence-corrected chi connectivity index (χ0v) is 19.6. The fourth-order valence-electron chi connectivity index (χ4n) is 4.91. The first kappa shape index (κ1) is 22.8. The summed E-state index contributed by atoms with van der Waals surface area (Å²) in [6.45, 7) is 0.948. The Bertz CT molecular complexity index is 1440. The van der Waals surface area contributed by atoms with Crippen LogP contribution in [0.2, 0.25) is 0 Å². The standard InChI is InChI=1S/C24H26FN7O4/c1-26-21-7-17(29-23-14(8-28-32(21)23)24(34)30-18-11-36-12-20(18)33)15-9-31(19-4-6-35-10-16(19)25)22-13(15)3-2-5-27-22/h2-3,5,7-9,16,18-20,26,33H,4,6,10-12H2,1H3,(H,30,34)/t16-,18+,19+,20-/m0/s1. The van der Waals surface area contributed by atoms with Crippen LogP contribution < -0.4 is 10.6 Å². The predicted octanol–water partition coefficient (Wildman–Crippen LogP) is 1.58. The second kappa shape index (κ2) is 9.12. The number of anilines is 1. The summed E-state index contributed by atoms with van der Waals surface area (Å²) in [5.41, 5.74) is 2.63. The molecule has 6 heterocycles. The second-order valence-corrected chi connectivity index (χ2v) is 9.03. The number of carbonyl (C=O) groups is 1. The fourth-order valence-corrected chi connectivity index (χ4v) is 4.91. The van der Waals surface area contributed by atoms with Crippen molar-refractivity contribution in [3.05, 3.63) is 42.4 Å². The summed E-state index contributed by atoms with van der Waals surface area (Å²) in [7, 11) is 1.76. The van der Waals surface area contributed by atoms with E-state index in [1.807, 2.05) is 29.0 Å². The third-order valence-corrected chi connectivity index (χ3v) is 6.81. The number of pyridine rings is 1. The number of hydrogen-bond acceptors (Lipinski definition) is 8. The molecule has 2 aliphatic heterocycles. The number of halogens is 1. The number of amides is 1. The van der Waals surface area contributed by atoms with Crippen LogP contribution in [0, 0.1) is 0 Å². The van der Waals surface area contributed by atoms with Gasteiger partial charge in [0.05, 0.1) is 49.9 Å². The maximum Gasteiger partial charge on any atom is 0.257 e. The first-order valence-corrected chi connectivity index (χ1v) is 11.9. The van der Waals surface area contributed by atoms with Crippen LogP contribution in [0.25, 0.3) is 27.9 Å². The van der Waals surface area contributed by atoms with E-state index in [0.717, 1.165) is 10.9 Å². The van der Waals surface area contributed by atoms with E-state index in [1.165, 1.54) is 6.20 Å². The molecule has 1 amide bonds. The molecule has 11 nitrogen and oxygen atoms in total. The Labute approximate surface area is 205 Å². The van der Waals surface area contributed by atoms with Crippen LogP contribution in [0.5, 0.6) is 0 Å². The minimum atomic E-state index is -1.15. The minimum absolute atomic E-state index is 0.0512. The van der Waals surface area contributed by atoms with Gasteiger partial charge in [-0.25, -0.2) is 14.4 Å². The summed E-state index contributed by atoms with van der Waals surface area (Å²) >= 11 is 0. The molecule has 0 bridgehead atoms. The summed E-state index contributed by atoms with van der Waals surface area (Å²) < 4.78 is 28.8. The van der Waals surface area contributed by atoms with Gasteiger partial charge >= 0.3 is 0 Å². The third-order valence-electron chi connectivity index (χ3n) is 6.81. The number of rotatable bonds is 5. The topological polar surface area (TPSA) is 128 Å². The van der Waals surface area contributed by atoms with Gasteiger partial charge in [0.25, 0.3) is 5.91 Å². The van der Waals surface area contributed by atoms with Crippen molar-refractivity contribution in [3.63, 3.8) is 0 Å². The van der Waals surface area contributed by atoms with Crippen LogP contribution in [0.15, 0.2) is 36.8 Å². The summed E-state index contributed by atoms with van der Waals surface area (Å²) in [5.74, 6) is 0.218. The molecule has 0 saturated carbocycles. The van der Waals surface area contributed by atoms with Crippen molar-refractivity contribution in [2.24, 2.45) is 0 Å². The molecule has 12 heteroatoms. The van der Waals surface area contributed by atoms with Gasteiger partial charge in [-0.1, -0.05) is 0 Å². The van der Waals surface area contributed by atoms with Crippen molar-refractivity contribution in [3.8, 4) is 11.3 Å². The lowest BCUT2D eigenvalue weighted by Gasteiger charge is -2.27. The number of aromatic nitrogens is 5. The lowest BCUT2D eigenvalue weighted by atomic mass is 10.1. The molecular weight excluding hydrogens is 469 g/mol. The van der Waals surface area contributed by atoms with Gasteiger partial charge in [0.1, 0.15) is 23.2 Å². The second-order valence-electron chi connectivity index (χ2n) is 9.03. The molecule has 6 rings (SSSR count). The number of nitrogens with one attached hydrogen (secondary N) is 2. The highest BCUT2D eigenvalue weighted by Crippen LogP contribution is 2.35. The fraction of sp³-hybridized carbons (Fsp3) is 0.417. The summed E-state index contributed by atoms with van der Waals surface area (Å²) in [5, 5.41) is 21.1. The Balaban J connectivity index is 1.46. The van der Waals surface area contributed by atoms with Gasteiger partial charge in [0, 0.05) is 43.1 Å². The van der Waals surface area contributed by atoms with E-state index in [0.29, 0.717) is 35.8 Å². The molecule has 0 unspecified atom stereocenters. The predicted molar refractivity (Wildman–Crippen MR) is 129 cm³/mol. The van der Waals surface area contributed by atoms with Gasteiger partial charge in [-0.2, -0.15) is 9.61 Å². The van der Waals surface area contributed by atoms with E-state index in [9.17, 15) is 14.3 Å². The molecule has 0 aromatic carbocycles. The average Bonchev–Trinajstić information content (AvgIpc) is 3.61. The SMILES string of the molecule is CNc1cc(-c2cn([C@@H]3CCOC[C@@H]3F)c3ncccc23)nc2c(C(=O)N[C@@H]3COC[C@@H]3O)cnn12. The quantitative estimate of drug-likeness (QED) is 0.381. The summed E-state index contributed by atoms with van der Waals surface area (Å²) in [6, 6.07) is 4.69. The first-order chi connectivity index (χ1) is 17.5. The first-order valence-electron chi connectivity index (χ1n) is 11.9. The lowest BCUT2D eigenvalue weighted by molar-refractivity contribution is 0.00443. The number of aliphatic hydroxyl groups is 1. The van der Waals surface area contributed by atoms with Crippen molar-refractivity contribution < 1.29 is 23.8 Å². The number of nitrogens with zero attached hydrogens (tertiary/aromatic N) is 5. The Morgan fingerprint density at radius 2 is 2.14 bits per heavy atom. The summed E-state index contributed by atoms with van der Waals surface area (Å²) in [6.07, 6.45) is 3.64. The minimum Gasteiger partial charge on any atom is -0.388 e. The molecule has 0 spiro atoms. The van der Waals surface area contributed by atoms with E-state index in [2.05, 4.69) is 20.7 Å². The van der Waals surface area contributed by atoms with E-state index < -0.39 is 30.3 Å². The molecule has 36 heavy (non-hydrogen) atoms. The number of alkyl halides is 1. The number of fused-ring (bicyclic) bond motifs is 2. The Hall–Kier alpha value is -3.61. The monoisotopic (exact) mass is 495 g/mol. The molecule has 0 radical (unpaired) electrons. The lowest BCUT2D eigenvalue weighted by Crippen LogP contribution is -2.42. The number of hydrogen-bond donors (Lipinski definition) is 3. The Morgan fingerprint density at radius 1 is 1.25 bits per heavy atom. The molecule has 188 valence electrons. The zero-order chi connectivity index (χ0) is 24.8. The van der Waals surface area contributed by atoms with Crippen molar-refractivity contribution in [2.45, 2.75) is 30.8 Å². The highest BCUT2D eigenvalue weighted by Gasteiger charge is 2.31. The van der Waals surface area contributed by atoms with Crippen molar-refractivity contribution in [1.29, 1.82) is 0 Å². The van der Waals surface area contributed by atoms with Crippen LogP contribution in [0.3, 0.4) is 0 Å². The number of carbonyl (C=O) groups excluding carboxylic acids is 1. The van der Waals surface area contributed by atoms with Crippen LogP contribution >= 0.6 is 0 Å². The summed E-state index contributed by atoms with van der Waals surface area (Å²) in [4.78, 5) is 22.4. The average molecular weight is 496 g/mol. The van der Waals surface area contributed by atoms with Crippen molar-refractivity contribution >= 4 is 28.4 Å². The van der Waals surface area contributed by atoms with Crippen molar-refractivity contribution in [1.82, 2.24) is 29.5 Å². The molecular formula is C24H26FN7O4. The van der Waals surface area contributed by atoms with Crippen LogP contribution in [0.4, 0.5) is 10.2 Å².